The summed E-state index contributed by atoms with van der Waals surface area (Å²) in [7, 11) is 1.56. The van der Waals surface area contributed by atoms with Crippen LogP contribution in [0.15, 0.2) is 48.9 Å². The van der Waals surface area contributed by atoms with Gasteiger partial charge in [-0.05, 0) is 29.9 Å². The zero-order valence-electron chi connectivity index (χ0n) is 11.5. The predicted molar refractivity (Wildman–Crippen MR) is 78.8 cm³/mol. The minimum absolute atomic E-state index is 0.526. The van der Waals surface area contributed by atoms with Crippen LogP contribution < -0.4 is 5.32 Å². The maximum atomic E-state index is 5.17. The van der Waals surface area contributed by atoms with Crippen molar-refractivity contribution in [3.8, 4) is 12.3 Å². The topological polar surface area (TPSA) is 21.3 Å². The van der Waals surface area contributed by atoms with Crippen LogP contribution >= 0.6 is 0 Å². The van der Waals surface area contributed by atoms with Gasteiger partial charge in [0.2, 0.25) is 0 Å². The molecule has 0 saturated carbocycles. The zero-order chi connectivity index (χ0) is 14.0. The average molecular weight is 245 g/mol. The fourth-order valence-electron chi connectivity index (χ4n) is 1.59. The van der Waals surface area contributed by atoms with Gasteiger partial charge in [-0.1, -0.05) is 38.7 Å². The van der Waals surface area contributed by atoms with E-state index in [1.165, 1.54) is 12.7 Å². The number of terminal acetylenes is 1. The molecule has 18 heavy (non-hydrogen) atoms. The summed E-state index contributed by atoms with van der Waals surface area (Å²) in [6.07, 6.45) is 11.0. The second kappa shape index (κ2) is 9.18. The Morgan fingerprint density at radius 1 is 1.72 bits per heavy atom. The van der Waals surface area contributed by atoms with Gasteiger partial charge in [-0.25, -0.2) is 0 Å². The van der Waals surface area contributed by atoms with Crippen molar-refractivity contribution in [2.75, 3.05) is 13.7 Å². The molecule has 2 heteroatoms. The quantitative estimate of drug-likeness (QED) is 0.605. The highest BCUT2D eigenvalue weighted by Gasteiger charge is 2.14. The van der Waals surface area contributed by atoms with Gasteiger partial charge >= 0.3 is 0 Å². The number of ether oxygens (including phenoxy) is 1. The van der Waals surface area contributed by atoms with Crippen LogP contribution in [0.2, 0.25) is 0 Å². The number of allylic oxidation sites excluding steroid dienone is 2. The molecule has 98 valence electrons. The Kier molecular flexibility index (Phi) is 8.22. The van der Waals surface area contributed by atoms with Crippen LogP contribution in [0, 0.1) is 18.3 Å². The van der Waals surface area contributed by atoms with Gasteiger partial charge in [0.05, 0.1) is 19.9 Å². The van der Waals surface area contributed by atoms with Crippen LogP contribution in [0.1, 0.15) is 19.8 Å². The van der Waals surface area contributed by atoms with Gasteiger partial charge in [-0.2, -0.15) is 0 Å². The van der Waals surface area contributed by atoms with E-state index in [1.54, 1.807) is 7.11 Å². The van der Waals surface area contributed by atoms with Gasteiger partial charge in [0, 0.05) is 5.70 Å². The Morgan fingerprint density at radius 2 is 2.33 bits per heavy atom. The SMILES string of the molecule is C#CCNC(=C)C1=CC(C)CCC1=C.C=COC. The van der Waals surface area contributed by atoms with E-state index in [2.05, 4.69) is 48.7 Å². The third-order valence-corrected chi connectivity index (χ3v) is 2.63. The Labute approximate surface area is 111 Å². The molecule has 1 aliphatic rings. The minimum atomic E-state index is 0.526. The molecule has 0 spiro atoms. The molecular formula is C16H23NO. The van der Waals surface area contributed by atoms with E-state index < -0.39 is 0 Å². The van der Waals surface area contributed by atoms with E-state index in [-0.39, 0.29) is 0 Å². The monoisotopic (exact) mass is 245 g/mol. The van der Waals surface area contributed by atoms with E-state index in [1.807, 2.05) is 0 Å². The number of hydrogen-bond acceptors (Lipinski definition) is 2. The van der Waals surface area contributed by atoms with Crippen molar-refractivity contribution in [1.29, 1.82) is 0 Å². The third-order valence-electron chi connectivity index (χ3n) is 2.63. The highest BCUT2D eigenvalue weighted by atomic mass is 16.5. The lowest BCUT2D eigenvalue weighted by Gasteiger charge is -2.22. The van der Waals surface area contributed by atoms with Crippen molar-refractivity contribution in [2.24, 2.45) is 5.92 Å². The molecule has 0 fully saturated rings. The van der Waals surface area contributed by atoms with E-state index >= 15 is 0 Å². The van der Waals surface area contributed by atoms with Gasteiger partial charge in [0.25, 0.3) is 0 Å². The van der Waals surface area contributed by atoms with Crippen LogP contribution in [-0.2, 0) is 4.74 Å². The molecule has 0 aliphatic heterocycles. The third kappa shape index (κ3) is 6.00. The van der Waals surface area contributed by atoms with Crippen molar-refractivity contribution in [3.63, 3.8) is 0 Å². The lowest BCUT2D eigenvalue weighted by Crippen LogP contribution is -2.17. The zero-order valence-corrected chi connectivity index (χ0v) is 11.5. The molecule has 2 nitrogen and oxygen atoms in total. The summed E-state index contributed by atoms with van der Waals surface area (Å²) in [5.41, 5.74) is 3.22. The Bertz CT molecular complexity index is 371. The molecule has 1 rings (SSSR count). The highest BCUT2D eigenvalue weighted by Crippen LogP contribution is 2.29. The summed E-state index contributed by atoms with van der Waals surface area (Å²) >= 11 is 0. The second-order valence-corrected chi connectivity index (χ2v) is 4.14. The lowest BCUT2D eigenvalue weighted by atomic mass is 9.87. The van der Waals surface area contributed by atoms with E-state index in [0.29, 0.717) is 12.5 Å². The van der Waals surface area contributed by atoms with Crippen molar-refractivity contribution in [2.45, 2.75) is 19.8 Å². The molecule has 1 atom stereocenters. The smallest absolute Gasteiger partial charge is 0.0766 e. The Morgan fingerprint density at radius 3 is 2.83 bits per heavy atom. The van der Waals surface area contributed by atoms with Crippen LogP contribution in [0.3, 0.4) is 0 Å². The Hall–Kier alpha value is -1.88. The van der Waals surface area contributed by atoms with Crippen LogP contribution in [-0.4, -0.2) is 13.7 Å². The largest absolute Gasteiger partial charge is 0.505 e. The first kappa shape index (κ1) is 16.1. The lowest BCUT2D eigenvalue weighted by molar-refractivity contribution is 0.339. The Balaban J connectivity index is 0.000000631. The van der Waals surface area contributed by atoms with Gasteiger partial charge in [-0.3, -0.25) is 0 Å². The van der Waals surface area contributed by atoms with E-state index in [4.69, 9.17) is 6.42 Å². The summed E-state index contributed by atoms with van der Waals surface area (Å²) in [4.78, 5) is 0. The molecule has 0 radical (unpaired) electrons. The van der Waals surface area contributed by atoms with E-state index in [9.17, 15) is 0 Å². The predicted octanol–water partition coefficient (Wildman–Crippen LogP) is 3.41. The highest BCUT2D eigenvalue weighted by molar-refractivity contribution is 5.45. The number of nitrogens with one attached hydrogen (secondary N) is 1. The summed E-state index contributed by atoms with van der Waals surface area (Å²) in [6.45, 7) is 14.0. The summed E-state index contributed by atoms with van der Waals surface area (Å²) in [6, 6.07) is 0. The van der Waals surface area contributed by atoms with Crippen molar-refractivity contribution < 1.29 is 4.74 Å². The first-order valence-corrected chi connectivity index (χ1v) is 5.97. The number of rotatable bonds is 4. The first-order chi connectivity index (χ1) is 8.56. The van der Waals surface area contributed by atoms with Gasteiger partial charge in [-0.15, -0.1) is 6.42 Å². The van der Waals surface area contributed by atoms with Gasteiger partial charge < -0.3 is 10.1 Å². The number of hydrogen-bond donors (Lipinski definition) is 1. The van der Waals surface area contributed by atoms with Crippen molar-refractivity contribution in [3.05, 3.63) is 48.9 Å². The molecule has 1 N–H and O–H groups in total. The molecule has 0 aromatic heterocycles. The molecule has 1 aliphatic carbocycles. The van der Waals surface area contributed by atoms with E-state index in [0.717, 1.165) is 23.3 Å². The van der Waals surface area contributed by atoms with Gasteiger partial charge in [0.1, 0.15) is 0 Å². The fraction of sp³-hybridized carbons (Fsp3) is 0.375. The summed E-state index contributed by atoms with van der Waals surface area (Å²) < 4.78 is 4.31. The van der Waals surface area contributed by atoms with Crippen molar-refractivity contribution >= 4 is 0 Å². The summed E-state index contributed by atoms with van der Waals surface area (Å²) in [5.74, 6) is 3.15. The first-order valence-electron chi connectivity index (χ1n) is 5.97. The standard InChI is InChI=1S/C13H17N.C3H6O/c1-5-8-14-12(4)13-9-10(2)6-7-11(13)3;1-3-4-2/h1,9-10,14H,3-4,6-8H2,2H3;3H,1H2,2H3. The summed E-state index contributed by atoms with van der Waals surface area (Å²) in [5, 5.41) is 3.09. The van der Waals surface area contributed by atoms with Crippen LogP contribution in [0.25, 0.3) is 0 Å². The maximum Gasteiger partial charge on any atom is 0.0766 e. The molecular weight excluding hydrogens is 222 g/mol. The normalized spacial score (nSPS) is 17.5. The molecule has 0 bridgehead atoms. The fourth-order valence-corrected chi connectivity index (χ4v) is 1.59. The second-order valence-electron chi connectivity index (χ2n) is 4.14. The van der Waals surface area contributed by atoms with Crippen LogP contribution in [0.4, 0.5) is 0 Å². The molecule has 1 unspecified atom stereocenters. The molecule has 0 saturated heterocycles. The molecule has 0 aromatic rings. The molecule has 0 amide bonds. The molecule has 0 heterocycles. The van der Waals surface area contributed by atoms with Crippen molar-refractivity contribution in [1.82, 2.24) is 5.32 Å². The molecule has 0 aromatic carbocycles. The van der Waals surface area contributed by atoms with Crippen LogP contribution in [0.5, 0.6) is 0 Å². The average Bonchev–Trinajstić information content (AvgIpc) is 2.39. The number of methoxy groups -OCH3 is 1. The van der Waals surface area contributed by atoms with Gasteiger partial charge in [0.15, 0.2) is 0 Å². The minimum Gasteiger partial charge on any atom is -0.505 e. The maximum absolute atomic E-state index is 5.17.